The zero-order valence-electron chi connectivity index (χ0n) is 7.22. The van der Waals surface area contributed by atoms with E-state index < -0.39 is 0 Å². The van der Waals surface area contributed by atoms with E-state index in [0.717, 1.165) is 5.56 Å². The SMILES string of the molecule is CC(CN)c1cc(Cl)c(Br)cc1O. The highest BCUT2D eigenvalue weighted by Gasteiger charge is 2.11. The molecule has 0 saturated heterocycles. The molecule has 1 atom stereocenters. The first kappa shape index (κ1) is 10.8. The smallest absolute Gasteiger partial charge is 0.120 e. The average Bonchev–Trinajstić information content (AvgIpc) is 2.10. The molecule has 0 bridgehead atoms. The lowest BCUT2D eigenvalue weighted by molar-refractivity contribution is 0.463. The predicted molar refractivity (Wildman–Crippen MR) is 58.3 cm³/mol. The fourth-order valence-corrected chi connectivity index (χ4v) is 1.58. The van der Waals surface area contributed by atoms with Gasteiger partial charge in [-0.15, -0.1) is 0 Å². The Hall–Kier alpha value is -0.250. The second-order valence-corrected chi connectivity index (χ2v) is 4.22. The number of benzene rings is 1. The molecule has 72 valence electrons. The second kappa shape index (κ2) is 4.31. The van der Waals surface area contributed by atoms with Crippen LogP contribution in [0.2, 0.25) is 5.02 Å². The fraction of sp³-hybridized carbons (Fsp3) is 0.333. The van der Waals surface area contributed by atoms with Crippen LogP contribution in [0.15, 0.2) is 16.6 Å². The molecular weight excluding hydrogens is 253 g/mol. The molecule has 0 fully saturated rings. The largest absolute Gasteiger partial charge is 0.508 e. The summed E-state index contributed by atoms with van der Waals surface area (Å²) in [6, 6.07) is 3.32. The van der Waals surface area contributed by atoms with Crippen molar-refractivity contribution >= 4 is 27.5 Å². The van der Waals surface area contributed by atoms with Crippen molar-refractivity contribution in [3.8, 4) is 5.75 Å². The van der Waals surface area contributed by atoms with Crippen LogP contribution in [0, 0.1) is 0 Å². The summed E-state index contributed by atoms with van der Waals surface area (Å²) in [5.41, 5.74) is 6.28. The van der Waals surface area contributed by atoms with Crippen LogP contribution in [0.25, 0.3) is 0 Å². The molecule has 0 aliphatic heterocycles. The molecule has 0 aliphatic rings. The Labute approximate surface area is 90.8 Å². The van der Waals surface area contributed by atoms with E-state index in [-0.39, 0.29) is 11.7 Å². The number of hydrogen-bond acceptors (Lipinski definition) is 2. The summed E-state index contributed by atoms with van der Waals surface area (Å²) in [6.45, 7) is 2.44. The van der Waals surface area contributed by atoms with Crippen LogP contribution in [0.1, 0.15) is 18.4 Å². The summed E-state index contributed by atoms with van der Waals surface area (Å²) in [5.74, 6) is 0.347. The van der Waals surface area contributed by atoms with Gasteiger partial charge < -0.3 is 10.8 Å². The van der Waals surface area contributed by atoms with Gasteiger partial charge in [-0.1, -0.05) is 18.5 Å². The van der Waals surface area contributed by atoms with E-state index in [1.807, 2.05) is 6.92 Å². The lowest BCUT2D eigenvalue weighted by Crippen LogP contribution is -2.09. The van der Waals surface area contributed by atoms with Gasteiger partial charge in [0.15, 0.2) is 0 Å². The van der Waals surface area contributed by atoms with Gasteiger partial charge in [0.1, 0.15) is 5.75 Å². The van der Waals surface area contributed by atoms with Crippen molar-refractivity contribution in [1.29, 1.82) is 0 Å². The number of phenolic OH excluding ortho intramolecular Hbond substituents is 1. The van der Waals surface area contributed by atoms with Crippen LogP contribution in [0.4, 0.5) is 0 Å². The quantitative estimate of drug-likeness (QED) is 0.863. The van der Waals surface area contributed by atoms with E-state index in [1.54, 1.807) is 12.1 Å². The second-order valence-electron chi connectivity index (χ2n) is 2.96. The highest BCUT2D eigenvalue weighted by molar-refractivity contribution is 9.10. The molecule has 13 heavy (non-hydrogen) atoms. The molecule has 1 aromatic rings. The number of aromatic hydroxyl groups is 1. The Bertz CT molecular complexity index is 317. The van der Waals surface area contributed by atoms with Crippen molar-refractivity contribution in [3.05, 3.63) is 27.2 Å². The summed E-state index contributed by atoms with van der Waals surface area (Å²) in [7, 11) is 0. The van der Waals surface area contributed by atoms with Gasteiger partial charge in [0.25, 0.3) is 0 Å². The monoisotopic (exact) mass is 263 g/mol. The van der Waals surface area contributed by atoms with E-state index in [2.05, 4.69) is 15.9 Å². The van der Waals surface area contributed by atoms with Crippen molar-refractivity contribution < 1.29 is 5.11 Å². The van der Waals surface area contributed by atoms with Crippen molar-refractivity contribution in [2.45, 2.75) is 12.8 Å². The Balaban J connectivity index is 3.15. The average molecular weight is 265 g/mol. The van der Waals surface area contributed by atoms with Gasteiger partial charge in [-0.3, -0.25) is 0 Å². The predicted octanol–water partition coefficient (Wildman–Crippen LogP) is 2.87. The Morgan fingerprint density at radius 3 is 2.77 bits per heavy atom. The summed E-state index contributed by atoms with van der Waals surface area (Å²) in [6.07, 6.45) is 0. The molecule has 2 nitrogen and oxygen atoms in total. The molecule has 4 heteroatoms. The van der Waals surface area contributed by atoms with Crippen LogP contribution >= 0.6 is 27.5 Å². The molecule has 1 unspecified atom stereocenters. The van der Waals surface area contributed by atoms with Crippen LogP contribution in [0.3, 0.4) is 0 Å². The summed E-state index contributed by atoms with van der Waals surface area (Å²) in [5, 5.41) is 10.2. The molecule has 1 aromatic carbocycles. The first-order valence-electron chi connectivity index (χ1n) is 3.94. The van der Waals surface area contributed by atoms with E-state index in [0.29, 0.717) is 16.0 Å². The molecule has 1 rings (SSSR count). The van der Waals surface area contributed by atoms with Crippen LogP contribution in [-0.4, -0.2) is 11.7 Å². The lowest BCUT2D eigenvalue weighted by atomic mass is 10.0. The van der Waals surface area contributed by atoms with Gasteiger partial charge in [0.05, 0.1) is 5.02 Å². The van der Waals surface area contributed by atoms with Crippen LogP contribution in [-0.2, 0) is 0 Å². The van der Waals surface area contributed by atoms with E-state index >= 15 is 0 Å². The molecule has 0 aliphatic carbocycles. The molecular formula is C9H11BrClNO. The molecule has 0 aromatic heterocycles. The number of hydrogen-bond donors (Lipinski definition) is 2. The number of phenols is 1. The maximum Gasteiger partial charge on any atom is 0.120 e. The third-order valence-corrected chi connectivity index (χ3v) is 3.15. The zero-order valence-corrected chi connectivity index (χ0v) is 9.56. The highest BCUT2D eigenvalue weighted by atomic mass is 79.9. The molecule has 0 heterocycles. The van der Waals surface area contributed by atoms with Gasteiger partial charge >= 0.3 is 0 Å². The van der Waals surface area contributed by atoms with E-state index in [4.69, 9.17) is 17.3 Å². The third-order valence-electron chi connectivity index (χ3n) is 1.95. The minimum atomic E-state index is 0.116. The lowest BCUT2D eigenvalue weighted by Gasteiger charge is -2.12. The molecule has 0 saturated carbocycles. The maximum absolute atomic E-state index is 9.57. The van der Waals surface area contributed by atoms with E-state index in [9.17, 15) is 5.11 Å². The number of rotatable bonds is 2. The van der Waals surface area contributed by atoms with Gasteiger partial charge in [-0.25, -0.2) is 0 Å². The highest BCUT2D eigenvalue weighted by Crippen LogP contribution is 2.33. The minimum absolute atomic E-state index is 0.116. The van der Waals surface area contributed by atoms with Crippen LogP contribution in [0.5, 0.6) is 5.75 Å². The summed E-state index contributed by atoms with van der Waals surface area (Å²) < 4.78 is 0.694. The Morgan fingerprint density at radius 1 is 1.62 bits per heavy atom. The number of nitrogens with two attached hydrogens (primary N) is 1. The van der Waals surface area contributed by atoms with Crippen molar-refractivity contribution in [2.24, 2.45) is 5.73 Å². The normalized spacial score (nSPS) is 12.9. The fourth-order valence-electron chi connectivity index (χ4n) is 1.07. The first-order chi connectivity index (χ1) is 6.06. The van der Waals surface area contributed by atoms with Crippen molar-refractivity contribution in [3.63, 3.8) is 0 Å². The summed E-state index contributed by atoms with van der Waals surface area (Å²) in [4.78, 5) is 0. The Kier molecular flexibility index (Phi) is 3.59. The Morgan fingerprint density at radius 2 is 2.23 bits per heavy atom. The third kappa shape index (κ3) is 2.36. The number of halogens is 2. The topological polar surface area (TPSA) is 46.2 Å². The zero-order chi connectivity index (χ0) is 10.0. The van der Waals surface area contributed by atoms with Crippen molar-refractivity contribution in [2.75, 3.05) is 6.54 Å². The first-order valence-corrected chi connectivity index (χ1v) is 5.11. The molecule has 3 N–H and O–H groups in total. The summed E-state index contributed by atoms with van der Waals surface area (Å²) >= 11 is 9.12. The maximum atomic E-state index is 9.57. The van der Waals surface area contributed by atoms with E-state index in [1.165, 1.54) is 0 Å². The van der Waals surface area contributed by atoms with Gasteiger partial charge in [-0.2, -0.15) is 0 Å². The van der Waals surface area contributed by atoms with Gasteiger partial charge in [0.2, 0.25) is 0 Å². The molecule has 0 radical (unpaired) electrons. The van der Waals surface area contributed by atoms with Gasteiger partial charge in [-0.05, 0) is 46.1 Å². The minimum Gasteiger partial charge on any atom is -0.508 e. The van der Waals surface area contributed by atoms with Gasteiger partial charge in [0, 0.05) is 4.47 Å². The molecule has 0 spiro atoms. The van der Waals surface area contributed by atoms with Crippen molar-refractivity contribution in [1.82, 2.24) is 0 Å². The van der Waals surface area contributed by atoms with Crippen LogP contribution < -0.4 is 5.73 Å². The standard InChI is InChI=1S/C9H11BrClNO/c1-5(4-12)6-2-8(11)7(10)3-9(6)13/h2-3,5,13H,4,12H2,1H3. The molecule has 0 amide bonds.